The average molecular weight is 442 g/mol. The van der Waals surface area contributed by atoms with Crippen molar-refractivity contribution < 1.29 is 13.9 Å². The Labute approximate surface area is 186 Å². The van der Waals surface area contributed by atoms with Crippen molar-refractivity contribution >= 4 is 23.0 Å². The summed E-state index contributed by atoms with van der Waals surface area (Å²) < 4.78 is 20.3. The summed E-state index contributed by atoms with van der Waals surface area (Å²) in [6.07, 6.45) is 2.52. The van der Waals surface area contributed by atoms with Crippen LogP contribution in [0.25, 0.3) is 5.57 Å². The van der Waals surface area contributed by atoms with Gasteiger partial charge in [0.25, 0.3) is 0 Å². The molecular formula is C21H27FN8O2. The summed E-state index contributed by atoms with van der Waals surface area (Å²) in [5, 5.41) is 25.3. The van der Waals surface area contributed by atoms with E-state index in [9.17, 15) is 14.4 Å². The fraction of sp³-hybridized carbons (Fsp3) is 0.476. The lowest BCUT2D eigenvalue weighted by Gasteiger charge is -2.38. The van der Waals surface area contributed by atoms with Crippen LogP contribution in [0.4, 0.5) is 20.6 Å². The number of tetrazole rings is 1. The van der Waals surface area contributed by atoms with E-state index in [1.165, 1.54) is 12.3 Å². The molecule has 1 aromatic carbocycles. The summed E-state index contributed by atoms with van der Waals surface area (Å²) in [7, 11) is 1.85. The van der Waals surface area contributed by atoms with Gasteiger partial charge >= 0.3 is 6.09 Å². The maximum atomic E-state index is 14.8. The lowest BCUT2D eigenvalue weighted by molar-refractivity contribution is 0.0205. The van der Waals surface area contributed by atoms with E-state index in [-0.39, 0.29) is 23.5 Å². The van der Waals surface area contributed by atoms with E-state index in [0.29, 0.717) is 37.3 Å². The first-order chi connectivity index (χ1) is 15.2. The summed E-state index contributed by atoms with van der Waals surface area (Å²) in [4.78, 5) is 15.8. The molecule has 0 saturated carbocycles. The number of aromatic nitrogens is 4. The van der Waals surface area contributed by atoms with Gasteiger partial charge in [0.05, 0.1) is 5.69 Å². The first kappa shape index (κ1) is 23.0. The summed E-state index contributed by atoms with van der Waals surface area (Å²) in [6.45, 7) is 6.64. The van der Waals surface area contributed by atoms with E-state index in [0.717, 1.165) is 0 Å². The molecule has 0 spiro atoms. The summed E-state index contributed by atoms with van der Waals surface area (Å²) in [6, 6.07) is 6.84. The number of carbonyl (C=O) groups is 1. The van der Waals surface area contributed by atoms with Crippen molar-refractivity contribution in [3.8, 4) is 6.07 Å². The van der Waals surface area contributed by atoms with E-state index in [1.807, 2.05) is 38.8 Å². The zero-order valence-electron chi connectivity index (χ0n) is 18.6. The van der Waals surface area contributed by atoms with Crippen LogP contribution >= 0.6 is 0 Å². The van der Waals surface area contributed by atoms with Crippen LogP contribution in [0.1, 0.15) is 39.4 Å². The fourth-order valence-corrected chi connectivity index (χ4v) is 3.42. The number of allylic oxidation sites excluding steroid dienone is 1. The van der Waals surface area contributed by atoms with E-state index in [2.05, 4.69) is 25.9 Å². The number of halogens is 1. The molecule has 2 aromatic rings. The number of piperidine rings is 1. The molecule has 3 rings (SSSR count). The number of benzene rings is 1. The van der Waals surface area contributed by atoms with Crippen molar-refractivity contribution in [3.05, 3.63) is 36.0 Å². The topological polar surface area (TPSA) is 123 Å². The first-order valence-corrected chi connectivity index (χ1v) is 10.3. The van der Waals surface area contributed by atoms with E-state index >= 15 is 0 Å². The molecule has 10 nitrogen and oxygen atoms in total. The van der Waals surface area contributed by atoms with Crippen LogP contribution in [0.3, 0.4) is 0 Å². The third-order valence-electron chi connectivity index (χ3n) is 5.08. The molecule has 1 fully saturated rings. The molecule has 0 radical (unpaired) electrons. The lowest BCUT2D eigenvalue weighted by Crippen LogP contribution is -2.47. The molecular weight excluding hydrogens is 415 g/mol. The molecule has 32 heavy (non-hydrogen) atoms. The Morgan fingerprint density at radius 3 is 2.69 bits per heavy atom. The van der Waals surface area contributed by atoms with Gasteiger partial charge < -0.3 is 19.9 Å². The standard InChI is InChI=1S/C21H27FN8O2/c1-21(2,3)32-20(31)30-9-7-16(8-10-30)29(4)18-6-5-15(11-17(18)22)24-13-14(12-23)19-25-27-28-26-19/h5-6,11,13,16,24H,7-10H2,1-4H3,(H,25,26,27,28). The van der Waals surface area contributed by atoms with Crippen molar-refractivity contribution in [2.24, 2.45) is 0 Å². The second kappa shape index (κ2) is 9.64. The Balaban J connectivity index is 1.60. The Hall–Kier alpha value is -3.68. The third-order valence-corrected chi connectivity index (χ3v) is 5.08. The number of amides is 1. The Bertz CT molecular complexity index is 1000. The van der Waals surface area contributed by atoms with Gasteiger partial charge in [0.1, 0.15) is 23.1 Å². The highest BCUT2D eigenvalue weighted by molar-refractivity contribution is 5.74. The summed E-state index contributed by atoms with van der Waals surface area (Å²) >= 11 is 0. The molecule has 0 unspecified atom stereocenters. The number of ether oxygens (including phenoxy) is 1. The minimum absolute atomic E-state index is 0.102. The van der Waals surface area contributed by atoms with Gasteiger partial charge in [0.2, 0.25) is 5.82 Å². The molecule has 0 bridgehead atoms. The van der Waals surface area contributed by atoms with Gasteiger partial charge in [0.15, 0.2) is 0 Å². The number of hydrogen-bond acceptors (Lipinski definition) is 8. The lowest BCUT2D eigenvalue weighted by atomic mass is 10.0. The van der Waals surface area contributed by atoms with E-state index < -0.39 is 11.4 Å². The Morgan fingerprint density at radius 1 is 1.41 bits per heavy atom. The average Bonchev–Trinajstić information content (AvgIpc) is 3.27. The van der Waals surface area contributed by atoms with Crippen molar-refractivity contribution in [1.82, 2.24) is 25.5 Å². The van der Waals surface area contributed by atoms with Gasteiger partial charge in [-0.05, 0) is 57.0 Å². The number of hydrogen-bond donors (Lipinski definition) is 2. The number of carbonyl (C=O) groups excluding carboxylic acids is 1. The number of nitrogens with one attached hydrogen (secondary N) is 2. The molecule has 1 aliphatic rings. The predicted octanol–water partition coefficient (Wildman–Crippen LogP) is 3.15. The highest BCUT2D eigenvalue weighted by Gasteiger charge is 2.29. The second-order valence-corrected chi connectivity index (χ2v) is 8.53. The fourth-order valence-electron chi connectivity index (χ4n) is 3.42. The molecule has 1 amide bonds. The van der Waals surface area contributed by atoms with Crippen LogP contribution in [-0.2, 0) is 4.74 Å². The molecule has 11 heteroatoms. The van der Waals surface area contributed by atoms with Gasteiger partial charge in [0, 0.05) is 38.1 Å². The number of nitriles is 1. The maximum Gasteiger partial charge on any atom is 0.410 e. The van der Waals surface area contributed by atoms with E-state index in [4.69, 9.17) is 4.74 Å². The number of H-pyrrole nitrogens is 1. The van der Waals surface area contributed by atoms with Crippen molar-refractivity contribution in [2.75, 3.05) is 30.4 Å². The number of aromatic amines is 1. The molecule has 170 valence electrons. The smallest absolute Gasteiger partial charge is 0.410 e. The van der Waals surface area contributed by atoms with Gasteiger partial charge in [-0.1, -0.05) is 0 Å². The van der Waals surface area contributed by atoms with Gasteiger partial charge in [-0.3, -0.25) is 0 Å². The minimum Gasteiger partial charge on any atom is -0.444 e. The zero-order chi connectivity index (χ0) is 23.3. The Morgan fingerprint density at radius 2 is 2.12 bits per heavy atom. The Kier molecular flexibility index (Phi) is 6.92. The monoisotopic (exact) mass is 442 g/mol. The minimum atomic E-state index is -0.529. The summed E-state index contributed by atoms with van der Waals surface area (Å²) in [5.41, 5.74) is 0.583. The first-order valence-electron chi connectivity index (χ1n) is 10.3. The van der Waals surface area contributed by atoms with Crippen LogP contribution in [0, 0.1) is 17.1 Å². The number of anilines is 2. The van der Waals surface area contributed by atoms with Crippen LogP contribution in [-0.4, -0.2) is 63.4 Å². The normalized spacial score (nSPS) is 15.2. The highest BCUT2D eigenvalue weighted by Crippen LogP contribution is 2.27. The van der Waals surface area contributed by atoms with Crippen molar-refractivity contribution in [1.29, 1.82) is 5.26 Å². The molecule has 1 saturated heterocycles. The highest BCUT2D eigenvalue weighted by atomic mass is 19.1. The van der Waals surface area contributed by atoms with Gasteiger partial charge in [-0.15, -0.1) is 10.2 Å². The zero-order valence-corrected chi connectivity index (χ0v) is 18.6. The quantitative estimate of drug-likeness (QED) is 0.677. The third kappa shape index (κ3) is 5.72. The number of nitrogens with zero attached hydrogens (tertiary/aromatic N) is 6. The molecule has 0 aliphatic carbocycles. The maximum absolute atomic E-state index is 14.8. The summed E-state index contributed by atoms with van der Waals surface area (Å²) in [5.74, 6) is -0.243. The SMILES string of the molecule is CN(c1ccc(NC=C(C#N)c2nn[nH]n2)cc1F)C1CCN(C(=O)OC(C)(C)C)CC1. The number of likely N-dealkylation sites (tertiary alicyclic amines) is 1. The molecule has 2 heterocycles. The van der Waals surface area contributed by atoms with Gasteiger partial charge in [-0.2, -0.15) is 10.5 Å². The predicted molar refractivity (Wildman–Crippen MR) is 117 cm³/mol. The molecule has 1 aliphatic heterocycles. The molecule has 0 atom stereocenters. The second-order valence-electron chi connectivity index (χ2n) is 8.53. The van der Waals surface area contributed by atoms with Crippen LogP contribution in [0.5, 0.6) is 0 Å². The van der Waals surface area contributed by atoms with Crippen LogP contribution < -0.4 is 10.2 Å². The van der Waals surface area contributed by atoms with Gasteiger partial charge in [-0.25, -0.2) is 9.18 Å². The molecule has 1 aromatic heterocycles. The molecule has 2 N–H and O–H groups in total. The van der Waals surface area contributed by atoms with Crippen molar-refractivity contribution in [3.63, 3.8) is 0 Å². The number of rotatable bonds is 5. The largest absolute Gasteiger partial charge is 0.444 e. The van der Waals surface area contributed by atoms with Crippen LogP contribution in [0.2, 0.25) is 0 Å². The van der Waals surface area contributed by atoms with Crippen molar-refractivity contribution in [2.45, 2.75) is 45.3 Å². The van der Waals surface area contributed by atoms with Crippen LogP contribution in [0.15, 0.2) is 24.4 Å². The van der Waals surface area contributed by atoms with E-state index in [1.54, 1.807) is 17.0 Å².